The fraction of sp³-hybridized carbons (Fsp3) is 0.529. The summed E-state index contributed by atoms with van der Waals surface area (Å²) in [7, 11) is -3.51. The maximum atomic E-state index is 12.7. The van der Waals surface area contributed by atoms with Crippen LogP contribution in [0.25, 0.3) is 0 Å². The van der Waals surface area contributed by atoms with Crippen molar-refractivity contribution < 1.29 is 22.9 Å². The first-order valence-corrected chi connectivity index (χ1v) is 10.1. The van der Waals surface area contributed by atoms with Crippen LogP contribution in [0.15, 0.2) is 29.2 Å². The van der Waals surface area contributed by atoms with Crippen molar-refractivity contribution in [3.63, 3.8) is 0 Å². The summed E-state index contributed by atoms with van der Waals surface area (Å²) in [4.78, 5) is 26.8. The molecule has 0 unspecified atom stereocenters. The SMILES string of the molecule is Cc1ccc(S(=O)(=O)N2CC[NH+](CN3C(=O)NC(C)(C)C3=O)CC2)cc1. The molecule has 2 aliphatic heterocycles. The average Bonchev–Trinajstić information content (AvgIpc) is 2.77. The zero-order valence-electron chi connectivity index (χ0n) is 15.3. The third-order valence-corrected chi connectivity index (χ3v) is 6.83. The smallest absolute Gasteiger partial charge is 0.323 e. The van der Waals surface area contributed by atoms with E-state index in [9.17, 15) is 18.0 Å². The summed E-state index contributed by atoms with van der Waals surface area (Å²) >= 11 is 0. The molecular formula is C17H25N4O4S+. The molecule has 0 aromatic heterocycles. The summed E-state index contributed by atoms with van der Waals surface area (Å²) in [6.07, 6.45) is 0. The Morgan fingerprint density at radius 3 is 2.19 bits per heavy atom. The first-order chi connectivity index (χ1) is 12.1. The minimum absolute atomic E-state index is 0.246. The van der Waals surface area contributed by atoms with Crippen molar-refractivity contribution in [2.24, 2.45) is 0 Å². The molecule has 0 spiro atoms. The third kappa shape index (κ3) is 3.46. The van der Waals surface area contributed by atoms with Gasteiger partial charge in [0.25, 0.3) is 5.91 Å². The fourth-order valence-electron chi connectivity index (χ4n) is 3.25. The number of nitrogens with zero attached hydrogens (tertiary/aromatic N) is 2. The summed E-state index contributed by atoms with van der Waals surface area (Å²) in [5, 5.41) is 2.66. The lowest BCUT2D eigenvalue weighted by Gasteiger charge is -2.32. The van der Waals surface area contributed by atoms with E-state index in [-0.39, 0.29) is 18.6 Å². The van der Waals surface area contributed by atoms with E-state index in [0.29, 0.717) is 31.1 Å². The molecule has 0 atom stereocenters. The maximum Gasteiger partial charge on any atom is 0.329 e. The van der Waals surface area contributed by atoms with Crippen molar-refractivity contribution in [1.82, 2.24) is 14.5 Å². The number of amides is 3. The van der Waals surface area contributed by atoms with Crippen LogP contribution in [-0.4, -0.2) is 67.9 Å². The number of rotatable bonds is 4. The third-order valence-electron chi connectivity index (χ3n) is 4.91. The molecule has 1 aromatic rings. The van der Waals surface area contributed by atoms with E-state index in [1.54, 1.807) is 38.1 Å². The molecule has 0 aliphatic carbocycles. The number of carbonyl (C=O) groups excluding carboxylic acids is 2. The molecular weight excluding hydrogens is 356 g/mol. The highest BCUT2D eigenvalue weighted by Crippen LogP contribution is 2.17. The number of hydrogen-bond donors (Lipinski definition) is 2. The molecule has 3 rings (SSSR count). The Kier molecular flexibility index (Phi) is 4.80. The second-order valence-electron chi connectivity index (χ2n) is 7.41. The first-order valence-electron chi connectivity index (χ1n) is 8.66. The number of imide groups is 1. The molecule has 2 saturated heterocycles. The number of urea groups is 1. The second kappa shape index (κ2) is 6.64. The fourth-order valence-corrected chi connectivity index (χ4v) is 4.69. The van der Waals surface area contributed by atoms with Gasteiger partial charge < -0.3 is 10.2 Å². The Hall–Kier alpha value is -1.97. The largest absolute Gasteiger partial charge is 0.329 e. The van der Waals surface area contributed by atoms with Gasteiger partial charge in [-0.15, -0.1) is 0 Å². The molecule has 142 valence electrons. The van der Waals surface area contributed by atoms with E-state index in [1.807, 2.05) is 6.92 Å². The van der Waals surface area contributed by atoms with E-state index < -0.39 is 15.6 Å². The van der Waals surface area contributed by atoms with Crippen molar-refractivity contribution in [1.29, 1.82) is 0 Å². The Morgan fingerprint density at radius 2 is 1.69 bits per heavy atom. The van der Waals surface area contributed by atoms with Gasteiger partial charge in [-0.05, 0) is 32.9 Å². The van der Waals surface area contributed by atoms with Gasteiger partial charge in [-0.25, -0.2) is 18.1 Å². The topological polar surface area (TPSA) is 91.2 Å². The van der Waals surface area contributed by atoms with Crippen molar-refractivity contribution in [2.75, 3.05) is 32.8 Å². The summed E-state index contributed by atoms with van der Waals surface area (Å²) in [5.41, 5.74) is 0.127. The molecule has 0 bridgehead atoms. The van der Waals surface area contributed by atoms with Crippen LogP contribution >= 0.6 is 0 Å². The summed E-state index contributed by atoms with van der Waals surface area (Å²) in [6, 6.07) is 6.43. The van der Waals surface area contributed by atoms with Gasteiger partial charge in [-0.2, -0.15) is 4.31 Å². The van der Waals surface area contributed by atoms with Crippen molar-refractivity contribution in [2.45, 2.75) is 31.2 Å². The van der Waals surface area contributed by atoms with Crippen LogP contribution in [0.2, 0.25) is 0 Å². The number of nitrogens with one attached hydrogen (secondary N) is 2. The van der Waals surface area contributed by atoms with Crippen molar-refractivity contribution in [3.8, 4) is 0 Å². The lowest BCUT2D eigenvalue weighted by Crippen LogP contribution is -3.16. The molecule has 2 heterocycles. The number of benzene rings is 1. The number of quaternary nitrogens is 1. The van der Waals surface area contributed by atoms with E-state index >= 15 is 0 Å². The minimum Gasteiger partial charge on any atom is -0.323 e. The second-order valence-corrected chi connectivity index (χ2v) is 9.35. The summed E-state index contributed by atoms with van der Waals surface area (Å²) < 4.78 is 26.9. The predicted molar refractivity (Wildman–Crippen MR) is 95.0 cm³/mol. The molecule has 2 fully saturated rings. The number of carbonyl (C=O) groups is 2. The Labute approximate surface area is 153 Å². The summed E-state index contributed by atoms with van der Waals surface area (Å²) in [5.74, 6) is -0.246. The van der Waals surface area contributed by atoms with Crippen LogP contribution in [-0.2, 0) is 14.8 Å². The van der Waals surface area contributed by atoms with Crippen LogP contribution in [0.1, 0.15) is 19.4 Å². The van der Waals surface area contributed by atoms with Gasteiger partial charge in [0.05, 0.1) is 31.1 Å². The Morgan fingerprint density at radius 1 is 1.12 bits per heavy atom. The van der Waals surface area contributed by atoms with E-state index in [4.69, 9.17) is 0 Å². The highest BCUT2D eigenvalue weighted by atomic mass is 32.2. The van der Waals surface area contributed by atoms with Crippen LogP contribution in [0.4, 0.5) is 4.79 Å². The zero-order chi connectivity index (χ0) is 19.1. The van der Waals surface area contributed by atoms with Crippen LogP contribution < -0.4 is 10.2 Å². The highest BCUT2D eigenvalue weighted by molar-refractivity contribution is 7.89. The number of hydrogen-bond acceptors (Lipinski definition) is 4. The molecule has 9 heteroatoms. The van der Waals surface area contributed by atoms with Crippen molar-refractivity contribution in [3.05, 3.63) is 29.8 Å². The van der Waals surface area contributed by atoms with Crippen LogP contribution in [0.5, 0.6) is 0 Å². The van der Waals surface area contributed by atoms with E-state index in [2.05, 4.69) is 5.32 Å². The lowest BCUT2D eigenvalue weighted by molar-refractivity contribution is -0.910. The van der Waals surface area contributed by atoms with Gasteiger partial charge in [0.2, 0.25) is 10.0 Å². The van der Waals surface area contributed by atoms with Crippen molar-refractivity contribution >= 4 is 22.0 Å². The zero-order valence-corrected chi connectivity index (χ0v) is 16.1. The molecule has 26 heavy (non-hydrogen) atoms. The van der Waals surface area contributed by atoms with Gasteiger partial charge in [0, 0.05) is 0 Å². The molecule has 2 N–H and O–H groups in total. The normalized spacial score (nSPS) is 21.9. The Balaban J connectivity index is 1.62. The minimum atomic E-state index is -3.51. The monoisotopic (exact) mass is 381 g/mol. The van der Waals surface area contributed by atoms with E-state index in [1.165, 1.54) is 9.21 Å². The lowest BCUT2D eigenvalue weighted by atomic mass is 10.1. The molecule has 3 amide bonds. The molecule has 0 saturated carbocycles. The first kappa shape index (κ1) is 18.8. The van der Waals surface area contributed by atoms with Crippen LogP contribution in [0, 0.1) is 6.92 Å². The predicted octanol–water partition coefficient (Wildman–Crippen LogP) is -0.828. The molecule has 0 radical (unpaired) electrons. The number of sulfonamides is 1. The molecule has 2 aliphatic rings. The number of aryl methyl sites for hydroxylation is 1. The standard InChI is InChI=1S/C17H24N4O4S/c1-13-4-6-14(7-5-13)26(24,25)20-10-8-19(9-11-20)12-21-15(22)17(2,3)18-16(21)23/h4-7H,8-12H2,1-3H3,(H,18,23)/p+1. The average molecular weight is 381 g/mol. The molecule has 8 nitrogen and oxygen atoms in total. The Bertz CT molecular complexity index is 812. The van der Waals surface area contributed by atoms with Gasteiger partial charge >= 0.3 is 6.03 Å². The van der Waals surface area contributed by atoms with Gasteiger partial charge in [0.15, 0.2) is 6.67 Å². The maximum absolute atomic E-state index is 12.7. The van der Waals surface area contributed by atoms with Gasteiger partial charge in [0.1, 0.15) is 5.54 Å². The summed E-state index contributed by atoms with van der Waals surface area (Å²) in [6.45, 7) is 7.33. The number of piperazine rings is 1. The quantitative estimate of drug-likeness (QED) is 0.666. The van der Waals surface area contributed by atoms with Gasteiger partial charge in [-0.3, -0.25) is 4.79 Å². The van der Waals surface area contributed by atoms with E-state index in [0.717, 1.165) is 10.5 Å². The highest BCUT2D eigenvalue weighted by Gasteiger charge is 2.46. The molecule has 1 aromatic carbocycles. The van der Waals surface area contributed by atoms with Crippen LogP contribution in [0.3, 0.4) is 0 Å². The van der Waals surface area contributed by atoms with Gasteiger partial charge in [-0.1, -0.05) is 17.7 Å².